The van der Waals surface area contributed by atoms with Crippen molar-refractivity contribution in [3.05, 3.63) is 35.9 Å². The van der Waals surface area contributed by atoms with Crippen LogP contribution >= 0.6 is 0 Å². The second-order valence-corrected chi connectivity index (χ2v) is 6.79. The molecular formula is C18H23NO4. The summed E-state index contributed by atoms with van der Waals surface area (Å²) in [5, 5.41) is 10.3. The summed E-state index contributed by atoms with van der Waals surface area (Å²) < 4.78 is 4.97. The Hall–Kier alpha value is -1.72. The number of hydrogen-bond donors (Lipinski definition) is 1. The Balaban J connectivity index is 1.92. The van der Waals surface area contributed by atoms with Gasteiger partial charge in [-0.2, -0.15) is 0 Å². The van der Waals surface area contributed by atoms with E-state index in [1.165, 1.54) is 7.11 Å². The van der Waals surface area contributed by atoms with Crippen LogP contribution in [0.5, 0.6) is 0 Å². The molecule has 5 heteroatoms. The standard InChI is InChI=1S/C18H23NO4/c1-12-8-15(20)14-10-19(9-13-6-4-3-5-7-13)11-18(12,16(14)21)17(22)23-2/h3-7,12,14-15,20H,8-11H2,1-2H3/t12?,14-,15?,18-/m1/s1. The van der Waals surface area contributed by atoms with Crippen molar-refractivity contribution < 1.29 is 19.4 Å². The molecule has 3 rings (SSSR count). The summed E-state index contributed by atoms with van der Waals surface area (Å²) in [6.45, 7) is 3.36. The van der Waals surface area contributed by atoms with E-state index in [1.54, 1.807) is 0 Å². The van der Waals surface area contributed by atoms with E-state index in [-0.39, 0.29) is 11.7 Å². The largest absolute Gasteiger partial charge is 0.468 e. The first-order valence-corrected chi connectivity index (χ1v) is 8.06. The van der Waals surface area contributed by atoms with Gasteiger partial charge in [-0.05, 0) is 17.9 Å². The van der Waals surface area contributed by atoms with Gasteiger partial charge in [0.1, 0.15) is 5.41 Å². The van der Waals surface area contributed by atoms with E-state index in [4.69, 9.17) is 4.74 Å². The predicted octanol–water partition coefficient (Wildman–Crippen LogP) is 1.25. The molecule has 2 aliphatic rings. The minimum atomic E-state index is -1.15. The average molecular weight is 317 g/mol. The van der Waals surface area contributed by atoms with Crippen molar-refractivity contribution in [2.45, 2.75) is 26.0 Å². The zero-order valence-corrected chi connectivity index (χ0v) is 13.6. The van der Waals surface area contributed by atoms with Crippen LogP contribution < -0.4 is 0 Å². The molecule has 23 heavy (non-hydrogen) atoms. The smallest absolute Gasteiger partial charge is 0.320 e. The number of piperidine rings is 1. The number of aliphatic hydroxyl groups is 1. The van der Waals surface area contributed by atoms with Gasteiger partial charge in [-0.25, -0.2) is 0 Å². The lowest BCUT2D eigenvalue weighted by molar-refractivity contribution is -0.180. The molecule has 1 aliphatic heterocycles. The fourth-order valence-electron chi connectivity index (χ4n) is 4.12. The van der Waals surface area contributed by atoms with Crippen LogP contribution in [-0.2, 0) is 20.9 Å². The average Bonchev–Trinajstić information content (AvgIpc) is 2.54. The van der Waals surface area contributed by atoms with Gasteiger partial charge in [0.25, 0.3) is 0 Å². The molecule has 1 N–H and O–H groups in total. The Morgan fingerprint density at radius 1 is 1.39 bits per heavy atom. The van der Waals surface area contributed by atoms with Crippen molar-refractivity contribution in [1.29, 1.82) is 0 Å². The highest BCUT2D eigenvalue weighted by molar-refractivity contribution is 6.07. The number of esters is 1. The molecule has 0 radical (unpaired) electrons. The molecule has 1 heterocycles. The molecule has 1 aliphatic carbocycles. The van der Waals surface area contributed by atoms with E-state index in [9.17, 15) is 14.7 Å². The van der Waals surface area contributed by atoms with Gasteiger partial charge < -0.3 is 9.84 Å². The number of hydrogen-bond acceptors (Lipinski definition) is 5. The minimum absolute atomic E-state index is 0.153. The molecule has 4 atom stereocenters. The number of ketones is 1. The number of nitrogens with zero attached hydrogens (tertiary/aromatic N) is 1. The minimum Gasteiger partial charge on any atom is -0.468 e. The van der Waals surface area contributed by atoms with Crippen LogP contribution in [0.3, 0.4) is 0 Å². The zero-order valence-electron chi connectivity index (χ0n) is 13.6. The van der Waals surface area contributed by atoms with Gasteiger partial charge in [0.2, 0.25) is 0 Å². The van der Waals surface area contributed by atoms with Gasteiger partial charge in [0, 0.05) is 19.6 Å². The van der Waals surface area contributed by atoms with Crippen molar-refractivity contribution >= 4 is 11.8 Å². The number of Topliss-reactive ketones (excluding diaryl/α,β-unsaturated/α-hetero) is 1. The molecule has 2 unspecified atom stereocenters. The Bertz CT molecular complexity index is 602. The van der Waals surface area contributed by atoms with Crippen LogP contribution in [0.25, 0.3) is 0 Å². The van der Waals surface area contributed by atoms with Crippen LogP contribution in [-0.4, -0.2) is 48.1 Å². The van der Waals surface area contributed by atoms with Crippen LogP contribution in [0.15, 0.2) is 30.3 Å². The van der Waals surface area contributed by atoms with Gasteiger partial charge in [0.05, 0.1) is 19.1 Å². The third-order valence-corrected chi connectivity index (χ3v) is 5.40. The molecule has 5 nitrogen and oxygen atoms in total. The van der Waals surface area contributed by atoms with E-state index >= 15 is 0 Å². The van der Waals surface area contributed by atoms with Crippen LogP contribution in [0.1, 0.15) is 18.9 Å². The molecule has 1 saturated carbocycles. The molecular weight excluding hydrogens is 294 g/mol. The summed E-state index contributed by atoms with van der Waals surface area (Å²) in [6.07, 6.45) is -0.223. The zero-order chi connectivity index (χ0) is 16.6. The summed E-state index contributed by atoms with van der Waals surface area (Å²) >= 11 is 0. The van der Waals surface area contributed by atoms with E-state index in [0.717, 1.165) is 5.56 Å². The summed E-state index contributed by atoms with van der Waals surface area (Å²) in [4.78, 5) is 27.4. The highest BCUT2D eigenvalue weighted by atomic mass is 16.5. The lowest BCUT2D eigenvalue weighted by Gasteiger charge is -2.51. The van der Waals surface area contributed by atoms with E-state index < -0.39 is 23.4 Å². The Morgan fingerprint density at radius 2 is 2.09 bits per heavy atom. The summed E-state index contributed by atoms with van der Waals surface area (Å²) in [5.74, 6) is -1.36. The lowest BCUT2D eigenvalue weighted by atomic mass is 9.59. The Morgan fingerprint density at radius 3 is 2.74 bits per heavy atom. The van der Waals surface area contributed by atoms with E-state index in [1.807, 2.05) is 37.3 Å². The molecule has 2 fully saturated rings. The number of fused-ring (bicyclic) bond motifs is 2. The van der Waals surface area contributed by atoms with Gasteiger partial charge in [-0.15, -0.1) is 0 Å². The van der Waals surface area contributed by atoms with Gasteiger partial charge in [-0.1, -0.05) is 37.3 Å². The van der Waals surface area contributed by atoms with Crippen molar-refractivity contribution in [2.75, 3.05) is 20.2 Å². The number of aliphatic hydroxyl groups excluding tert-OH is 1. The maximum atomic E-state index is 12.9. The molecule has 1 aromatic rings. The summed E-state index contributed by atoms with van der Waals surface area (Å²) in [6, 6.07) is 9.95. The number of rotatable bonds is 3. The first kappa shape index (κ1) is 16.1. The van der Waals surface area contributed by atoms with Crippen LogP contribution in [0.2, 0.25) is 0 Å². The fraction of sp³-hybridized carbons (Fsp3) is 0.556. The quantitative estimate of drug-likeness (QED) is 0.671. The van der Waals surface area contributed by atoms with E-state index in [0.29, 0.717) is 26.1 Å². The van der Waals surface area contributed by atoms with Crippen molar-refractivity contribution in [3.63, 3.8) is 0 Å². The van der Waals surface area contributed by atoms with Gasteiger partial charge in [0.15, 0.2) is 5.78 Å². The normalized spacial score (nSPS) is 34.2. The van der Waals surface area contributed by atoms with Gasteiger partial charge in [-0.3, -0.25) is 14.5 Å². The number of carbonyl (C=O) groups is 2. The maximum absolute atomic E-state index is 12.9. The lowest BCUT2D eigenvalue weighted by Crippen LogP contribution is -2.66. The third-order valence-electron chi connectivity index (χ3n) is 5.40. The SMILES string of the molecule is COC(=O)[C@@]12CN(Cc3ccccc3)C[C@@H](C1=O)C(O)CC2C. The van der Waals surface area contributed by atoms with Crippen LogP contribution in [0.4, 0.5) is 0 Å². The molecule has 124 valence electrons. The number of methoxy groups -OCH3 is 1. The summed E-state index contributed by atoms with van der Waals surface area (Å²) in [7, 11) is 1.33. The Kier molecular flexibility index (Phi) is 4.25. The maximum Gasteiger partial charge on any atom is 0.320 e. The molecule has 0 aromatic heterocycles. The second-order valence-electron chi connectivity index (χ2n) is 6.79. The molecule has 1 aromatic carbocycles. The van der Waals surface area contributed by atoms with E-state index in [2.05, 4.69) is 4.90 Å². The number of benzene rings is 1. The molecule has 2 bridgehead atoms. The van der Waals surface area contributed by atoms with Crippen molar-refractivity contribution in [1.82, 2.24) is 4.90 Å². The number of carbonyl (C=O) groups excluding carboxylic acids is 2. The highest BCUT2D eigenvalue weighted by Gasteiger charge is 2.61. The molecule has 0 spiro atoms. The number of ether oxygens (including phenoxy) is 1. The monoisotopic (exact) mass is 317 g/mol. The first-order chi connectivity index (χ1) is 11.0. The predicted molar refractivity (Wildman–Crippen MR) is 84.5 cm³/mol. The summed E-state index contributed by atoms with van der Waals surface area (Å²) in [5.41, 5.74) is -0.0202. The first-order valence-electron chi connectivity index (χ1n) is 8.06. The van der Waals surface area contributed by atoms with Gasteiger partial charge >= 0.3 is 5.97 Å². The fourth-order valence-corrected chi connectivity index (χ4v) is 4.12. The molecule has 1 saturated heterocycles. The Labute approximate surface area is 136 Å². The number of likely N-dealkylation sites (tertiary alicyclic amines) is 1. The van der Waals surface area contributed by atoms with Crippen molar-refractivity contribution in [3.8, 4) is 0 Å². The second kappa shape index (κ2) is 6.06. The highest BCUT2D eigenvalue weighted by Crippen LogP contribution is 2.46. The topological polar surface area (TPSA) is 66.8 Å². The van der Waals surface area contributed by atoms with Crippen LogP contribution in [0, 0.1) is 17.3 Å². The van der Waals surface area contributed by atoms with Crippen molar-refractivity contribution in [2.24, 2.45) is 17.3 Å². The third kappa shape index (κ3) is 2.58. The molecule has 0 amide bonds.